The zero-order valence-corrected chi connectivity index (χ0v) is 27.1. The number of allylic oxidation sites excluding steroid dienone is 2. The van der Waals surface area contributed by atoms with Crippen molar-refractivity contribution in [1.82, 2.24) is 10.6 Å². The molecular formula is C46H35N3. The molecule has 2 unspecified atom stereocenters. The fourth-order valence-electron chi connectivity index (χ4n) is 7.84. The zero-order valence-electron chi connectivity index (χ0n) is 27.1. The summed E-state index contributed by atoms with van der Waals surface area (Å²) in [5.74, 6) is 0.875. The van der Waals surface area contributed by atoms with Crippen molar-refractivity contribution >= 4 is 11.5 Å². The summed E-state index contributed by atoms with van der Waals surface area (Å²) >= 11 is 0. The number of nitrogens with one attached hydrogen (secondary N) is 2. The molecule has 2 aliphatic heterocycles. The third-order valence-electron chi connectivity index (χ3n) is 10.0. The first kappa shape index (κ1) is 29.0. The molecule has 3 nitrogen and oxygen atoms in total. The second-order valence-corrected chi connectivity index (χ2v) is 12.8. The lowest BCUT2D eigenvalue weighted by atomic mass is 9.67. The van der Waals surface area contributed by atoms with Crippen molar-refractivity contribution in [3.8, 4) is 22.3 Å². The molecule has 2 N–H and O–H groups in total. The van der Waals surface area contributed by atoms with Crippen LogP contribution in [0, 0.1) is 0 Å². The highest BCUT2D eigenvalue weighted by molar-refractivity contribution is 6.11. The second kappa shape index (κ2) is 12.1. The van der Waals surface area contributed by atoms with Crippen molar-refractivity contribution in [3.05, 3.63) is 221 Å². The van der Waals surface area contributed by atoms with E-state index >= 15 is 0 Å². The summed E-state index contributed by atoms with van der Waals surface area (Å²) in [6.45, 7) is 0.825. The van der Waals surface area contributed by atoms with E-state index in [1.807, 2.05) is 0 Å². The molecule has 1 aliphatic carbocycles. The third kappa shape index (κ3) is 4.86. The second-order valence-electron chi connectivity index (χ2n) is 12.8. The van der Waals surface area contributed by atoms with Crippen LogP contribution in [0.4, 0.5) is 0 Å². The normalized spacial score (nSPS) is 19.0. The van der Waals surface area contributed by atoms with Crippen LogP contribution in [0.15, 0.2) is 193 Å². The molecule has 3 heteroatoms. The summed E-state index contributed by atoms with van der Waals surface area (Å²) in [7, 11) is 0. The quantitative estimate of drug-likeness (QED) is 0.192. The Kier molecular flexibility index (Phi) is 7.17. The molecule has 2 atom stereocenters. The van der Waals surface area contributed by atoms with Gasteiger partial charge in [0.1, 0.15) is 5.84 Å². The predicted molar refractivity (Wildman–Crippen MR) is 202 cm³/mol. The van der Waals surface area contributed by atoms with E-state index < -0.39 is 5.41 Å². The molecule has 0 aromatic heterocycles. The SMILES string of the molecule is C1=CC(C2(c3ccccc3)c3ccccc3-c3c(C4=NC(c5ccc(-c6ccccc6)cc5)C=C(c5ccccc5)N4)cccc32)=CNC1. The Morgan fingerprint density at radius 1 is 0.571 bits per heavy atom. The van der Waals surface area contributed by atoms with Crippen LogP contribution < -0.4 is 10.6 Å². The van der Waals surface area contributed by atoms with Crippen molar-refractivity contribution in [3.63, 3.8) is 0 Å². The van der Waals surface area contributed by atoms with Crippen LogP contribution in [-0.4, -0.2) is 12.4 Å². The summed E-state index contributed by atoms with van der Waals surface area (Å²) in [4.78, 5) is 5.47. The molecule has 0 fully saturated rings. The van der Waals surface area contributed by atoms with Crippen molar-refractivity contribution in [2.24, 2.45) is 4.99 Å². The monoisotopic (exact) mass is 629 g/mol. The number of benzene rings is 6. The number of aliphatic imine (C=N–C) groups is 1. The molecule has 6 aromatic carbocycles. The first-order valence-corrected chi connectivity index (χ1v) is 17.0. The van der Waals surface area contributed by atoms with E-state index in [1.54, 1.807) is 0 Å². The van der Waals surface area contributed by atoms with Gasteiger partial charge in [0.25, 0.3) is 0 Å². The standard InChI is InChI=1S/C46H35N3/c1-4-14-32(15-5-1)33-25-27-35(28-26-33)43-30-42(34-16-6-2-7-17-34)48-45(49-43)39-22-12-24-41-44(39)38-21-10-11-23-40(38)46(41,36-18-8-3-9-19-36)37-20-13-29-47-31-37/h1-28,30-31,43,47H,29H2,(H,48,49). The predicted octanol–water partition coefficient (Wildman–Crippen LogP) is 9.84. The van der Waals surface area contributed by atoms with Crippen LogP contribution >= 0.6 is 0 Å². The van der Waals surface area contributed by atoms with Crippen LogP contribution in [0.5, 0.6) is 0 Å². The van der Waals surface area contributed by atoms with Crippen LogP contribution in [0.2, 0.25) is 0 Å². The Labute approximate surface area is 287 Å². The molecule has 234 valence electrons. The lowest BCUT2D eigenvalue weighted by molar-refractivity contribution is 0.744. The molecule has 0 bridgehead atoms. The molecule has 9 rings (SSSR count). The largest absolute Gasteiger partial charge is 0.387 e. The van der Waals surface area contributed by atoms with E-state index in [9.17, 15) is 0 Å². The van der Waals surface area contributed by atoms with Crippen molar-refractivity contribution in [2.45, 2.75) is 11.5 Å². The highest BCUT2D eigenvalue weighted by Crippen LogP contribution is 2.57. The maximum atomic E-state index is 5.47. The number of amidine groups is 1. The highest BCUT2D eigenvalue weighted by Gasteiger charge is 2.48. The summed E-state index contributed by atoms with van der Waals surface area (Å²) in [6, 6.07) is 56.4. The number of fused-ring (bicyclic) bond motifs is 3. The highest BCUT2D eigenvalue weighted by atomic mass is 15.0. The molecule has 0 spiro atoms. The molecule has 0 amide bonds. The van der Waals surface area contributed by atoms with Gasteiger partial charge in [-0.1, -0.05) is 170 Å². The van der Waals surface area contributed by atoms with E-state index in [-0.39, 0.29) is 6.04 Å². The van der Waals surface area contributed by atoms with Gasteiger partial charge in [0.15, 0.2) is 0 Å². The van der Waals surface area contributed by atoms with E-state index in [2.05, 4.69) is 193 Å². The summed E-state index contributed by atoms with van der Waals surface area (Å²) in [6.07, 6.45) is 8.98. The zero-order chi connectivity index (χ0) is 32.6. The Balaban J connectivity index is 1.23. The molecule has 0 saturated carbocycles. The van der Waals surface area contributed by atoms with E-state index in [1.165, 1.54) is 44.5 Å². The molecule has 0 saturated heterocycles. The number of hydrogen-bond donors (Lipinski definition) is 2. The average Bonchev–Trinajstić information content (AvgIpc) is 3.50. The van der Waals surface area contributed by atoms with Gasteiger partial charge in [-0.3, -0.25) is 4.99 Å². The first-order valence-electron chi connectivity index (χ1n) is 17.0. The van der Waals surface area contributed by atoms with Crippen molar-refractivity contribution < 1.29 is 0 Å². The molecule has 6 aromatic rings. The Bertz CT molecular complexity index is 2280. The van der Waals surface area contributed by atoms with Crippen molar-refractivity contribution in [1.29, 1.82) is 0 Å². The lowest BCUT2D eigenvalue weighted by Crippen LogP contribution is -2.32. The Morgan fingerprint density at radius 3 is 1.94 bits per heavy atom. The summed E-state index contributed by atoms with van der Waals surface area (Å²) < 4.78 is 0. The van der Waals surface area contributed by atoms with Gasteiger partial charge in [-0.15, -0.1) is 0 Å². The fourth-order valence-corrected chi connectivity index (χ4v) is 7.84. The van der Waals surface area contributed by atoms with Gasteiger partial charge in [0, 0.05) is 24.0 Å². The number of hydrogen-bond acceptors (Lipinski definition) is 3. The van der Waals surface area contributed by atoms with Crippen molar-refractivity contribution in [2.75, 3.05) is 6.54 Å². The molecule has 49 heavy (non-hydrogen) atoms. The smallest absolute Gasteiger partial charge is 0.134 e. The molecule has 0 radical (unpaired) electrons. The van der Waals surface area contributed by atoms with Crippen LogP contribution in [0.1, 0.15) is 39.4 Å². The van der Waals surface area contributed by atoms with Gasteiger partial charge in [-0.2, -0.15) is 0 Å². The van der Waals surface area contributed by atoms with E-state index in [0.29, 0.717) is 0 Å². The van der Waals surface area contributed by atoms with E-state index in [0.717, 1.165) is 34.8 Å². The minimum absolute atomic E-state index is 0.157. The minimum atomic E-state index is -0.479. The lowest BCUT2D eigenvalue weighted by Gasteiger charge is -2.35. The maximum Gasteiger partial charge on any atom is 0.134 e. The Morgan fingerprint density at radius 2 is 1.20 bits per heavy atom. The third-order valence-corrected chi connectivity index (χ3v) is 10.0. The first-order chi connectivity index (χ1) is 24.3. The summed E-state index contributed by atoms with van der Waals surface area (Å²) in [5.41, 5.74) is 13.9. The average molecular weight is 630 g/mol. The minimum Gasteiger partial charge on any atom is -0.387 e. The van der Waals surface area contributed by atoms with Gasteiger partial charge >= 0.3 is 0 Å². The van der Waals surface area contributed by atoms with Gasteiger partial charge in [0.05, 0.1) is 11.5 Å². The van der Waals surface area contributed by atoms with Crippen LogP contribution in [-0.2, 0) is 5.41 Å². The van der Waals surface area contributed by atoms with Gasteiger partial charge in [-0.05, 0) is 61.7 Å². The van der Waals surface area contributed by atoms with Crippen LogP contribution in [0.3, 0.4) is 0 Å². The molecule has 2 heterocycles. The topological polar surface area (TPSA) is 36.4 Å². The number of dihydropyridines is 1. The molecule has 3 aliphatic rings. The fraction of sp³-hybridized carbons (Fsp3) is 0.0652. The van der Waals surface area contributed by atoms with Gasteiger partial charge in [-0.25, -0.2) is 0 Å². The van der Waals surface area contributed by atoms with E-state index in [4.69, 9.17) is 4.99 Å². The molecular weight excluding hydrogens is 595 g/mol. The maximum absolute atomic E-state index is 5.47. The van der Waals surface area contributed by atoms with Crippen LogP contribution in [0.25, 0.3) is 28.0 Å². The summed E-state index contributed by atoms with van der Waals surface area (Å²) in [5, 5.41) is 7.32. The van der Waals surface area contributed by atoms with Gasteiger partial charge in [0.2, 0.25) is 0 Å². The Hall–Kier alpha value is -6.19. The van der Waals surface area contributed by atoms with Gasteiger partial charge < -0.3 is 10.6 Å². The number of nitrogens with zero attached hydrogens (tertiary/aromatic N) is 1. The number of rotatable bonds is 6.